The summed E-state index contributed by atoms with van der Waals surface area (Å²) in [4.78, 5) is 0. The molecule has 92 valence electrons. The fourth-order valence-corrected chi connectivity index (χ4v) is 2.34. The number of halogens is 1. The zero-order valence-corrected chi connectivity index (χ0v) is 10.9. The number of hydrogen-bond acceptors (Lipinski definition) is 3. The zero-order valence-electron chi connectivity index (χ0n) is 9.33. The summed E-state index contributed by atoms with van der Waals surface area (Å²) in [6.45, 7) is 5.03. The largest absolute Gasteiger partial charge is 0.381 e. The molecule has 0 aliphatic carbocycles. The topological polar surface area (TPSA) is 55.4 Å². The van der Waals surface area contributed by atoms with Gasteiger partial charge in [-0.3, -0.25) is 0 Å². The van der Waals surface area contributed by atoms with Gasteiger partial charge in [0.05, 0.1) is 12.4 Å². The van der Waals surface area contributed by atoms with Crippen molar-refractivity contribution in [2.24, 2.45) is 5.92 Å². The first-order chi connectivity index (χ1) is 7.02. The van der Waals surface area contributed by atoms with Crippen LogP contribution in [0.2, 0.25) is 0 Å². The molecule has 0 amide bonds. The van der Waals surface area contributed by atoms with Crippen LogP contribution in [0.4, 0.5) is 0 Å². The lowest BCUT2D eigenvalue weighted by Gasteiger charge is -2.11. The van der Waals surface area contributed by atoms with Gasteiger partial charge >= 0.3 is 0 Å². The van der Waals surface area contributed by atoms with Crippen molar-refractivity contribution in [1.29, 1.82) is 0 Å². The van der Waals surface area contributed by atoms with Crippen molar-refractivity contribution in [1.82, 2.24) is 4.72 Å². The van der Waals surface area contributed by atoms with Gasteiger partial charge < -0.3 is 4.74 Å². The van der Waals surface area contributed by atoms with E-state index in [4.69, 9.17) is 16.3 Å². The van der Waals surface area contributed by atoms with Gasteiger partial charge in [0.2, 0.25) is 10.0 Å². The number of alkyl halides is 1. The molecule has 0 spiro atoms. The number of hydrogen-bond donors (Lipinski definition) is 1. The Morgan fingerprint density at radius 1 is 1.47 bits per heavy atom. The Morgan fingerprint density at radius 2 is 2.13 bits per heavy atom. The van der Waals surface area contributed by atoms with Crippen LogP contribution in [0.1, 0.15) is 20.3 Å². The Labute approximate surface area is 97.4 Å². The lowest BCUT2D eigenvalue weighted by molar-refractivity contribution is 0.163. The Kier molecular flexibility index (Phi) is 8.42. The Morgan fingerprint density at radius 3 is 2.67 bits per heavy atom. The Hall–Kier alpha value is 0.160. The lowest BCUT2D eigenvalue weighted by Crippen LogP contribution is -2.32. The van der Waals surface area contributed by atoms with Crippen LogP contribution in [0.25, 0.3) is 0 Å². The lowest BCUT2D eigenvalue weighted by atomic mass is 10.1. The zero-order chi connectivity index (χ0) is 11.7. The monoisotopic (exact) mass is 257 g/mol. The third-order valence-corrected chi connectivity index (χ3v) is 3.48. The summed E-state index contributed by atoms with van der Waals surface area (Å²) in [5.74, 6) is 0.848. The van der Waals surface area contributed by atoms with E-state index in [1.165, 1.54) is 0 Å². The van der Waals surface area contributed by atoms with E-state index in [0.717, 1.165) is 6.42 Å². The molecule has 0 aromatic rings. The van der Waals surface area contributed by atoms with Crippen LogP contribution in [0.15, 0.2) is 0 Å². The summed E-state index contributed by atoms with van der Waals surface area (Å²) in [5.41, 5.74) is 0. The van der Waals surface area contributed by atoms with Gasteiger partial charge in [-0.25, -0.2) is 13.1 Å². The van der Waals surface area contributed by atoms with Gasteiger partial charge in [0.15, 0.2) is 0 Å². The number of rotatable bonds is 9. The van der Waals surface area contributed by atoms with Crippen LogP contribution in [0, 0.1) is 5.92 Å². The summed E-state index contributed by atoms with van der Waals surface area (Å²) >= 11 is 5.55. The fraction of sp³-hybridized carbons (Fsp3) is 1.00. The van der Waals surface area contributed by atoms with Gasteiger partial charge in [0.1, 0.15) is 0 Å². The minimum absolute atomic E-state index is 0.0223. The molecule has 0 aliphatic rings. The quantitative estimate of drug-likeness (QED) is 0.499. The van der Waals surface area contributed by atoms with Gasteiger partial charge in [-0.2, -0.15) is 0 Å². The van der Waals surface area contributed by atoms with E-state index >= 15 is 0 Å². The molecular weight excluding hydrogens is 238 g/mol. The van der Waals surface area contributed by atoms with E-state index in [1.807, 2.05) is 13.8 Å². The average Bonchev–Trinajstić information content (AvgIpc) is 2.16. The summed E-state index contributed by atoms with van der Waals surface area (Å²) in [7, 11) is -3.19. The highest BCUT2D eigenvalue weighted by atomic mass is 35.5. The van der Waals surface area contributed by atoms with Gasteiger partial charge in [0, 0.05) is 19.0 Å². The Bertz CT molecular complexity index is 244. The second-order valence-corrected chi connectivity index (χ2v) is 5.75. The van der Waals surface area contributed by atoms with E-state index in [2.05, 4.69) is 4.72 Å². The molecule has 15 heavy (non-hydrogen) atoms. The van der Waals surface area contributed by atoms with Crippen LogP contribution in [0.3, 0.4) is 0 Å². The van der Waals surface area contributed by atoms with E-state index in [9.17, 15) is 8.42 Å². The molecule has 0 rings (SSSR count). The van der Waals surface area contributed by atoms with Crippen molar-refractivity contribution in [3.05, 3.63) is 0 Å². The summed E-state index contributed by atoms with van der Waals surface area (Å²) < 4.78 is 30.3. The van der Waals surface area contributed by atoms with Gasteiger partial charge in [-0.15, -0.1) is 11.6 Å². The van der Waals surface area contributed by atoms with Crippen molar-refractivity contribution < 1.29 is 13.2 Å². The number of sulfonamides is 1. The van der Waals surface area contributed by atoms with E-state index in [1.54, 1.807) is 0 Å². The van der Waals surface area contributed by atoms with Crippen LogP contribution < -0.4 is 4.72 Å². The summed E-state index contributed by atoms with van der Waals surface area (Å²) in [6.07, 6.45) is 0.815. The average molecular weight is 258 g/mol. The smallest absolute Gasteiger partial charge is 0.213 e. The van der Waals surface area contributed by atoms with E-state index < -0.39 is 10.0 Å². The molecule has 0 radical (unpaired) electrons. The third-order valence-electron chi connectivity index (χ3n) is 1.95. The van der Waals surface area contributed by atoms with Crippen LogP contribution in [0.5, 0.6) is 0 Å². The highest BCUT2D eigenvalue weighted by Gasteiger charge is 2.11. The standard InChI is InChI=1S/C9H20ClNO3S/c1-3-14-6-7-15(12,13)11-8-9(2)4-5-10/h9,11H,3-8H2,1-2H3. The normalized spacial score (nSPS) is 14.1. The van der Waals surface area contributed by atoms with Crippen molar-refractivity contribution in [2.75, 3.05) is 31.4 Å². The minimum Gasteiger partial charge on any atom is -0.381 e. The van der Waals surface area contributed by atoms with E-state index in [0.29, 0.717) is 19.0 Å². The molecule has 0 aliphatic heterocycles. The maximum atomic E-state index is 11.4. The molecule has 0 bridgehead atoms. The van der Waals surface area contributed by atoms with Gasteiger partial charge in [-0.05, 0) is 19.3 Å². The second-order valence-electron chi connectivity index (χ2n) is 3.45. The molecule has 0 saturated carbocycles. The molecule has 4 nitrogen and oxygen atoms in total. The number of nitrogens with one attached hydrogen (secondary N) is 1. The molecule has 6 heteroatoms. The highest BCUT2D eigenvalue weighted by molar-refractivity contribution is 7.89. The van der Waals surface area contributed by atoms with Gasteiger partial charge in [-0.1, -0.05) is 6.92 Å². The summed E-state index contributed by atoms with van der Waals surface area (Å²) in [5, 5.41) is 0. The van der Waals surface area contributed by atoms with E-state index in [-0.39, 0.29) is 18.3 Å². The van der Waals surface area contributed by atoms with Gasteiger partial charge in [0.25, 0.3) is 0 Å². The second kappa shape index (κ2) is 8.33. The molecule has 1 atom stereocenters. The molecule has 0 aromatic heterocycles. The molecule has 0 heterocycles. The van der Waals surface area contributed by atoms with Crippen molar-refractivity contribution in [3.63, 3.8) is 0 Å². The van der Waals surface area contributed by atoms with Crippen LogP contribution in [-0.2, 0) is 14.8 Å². The predicted molar refractivity (Wildman–Crippen MR) is 62.8 cm³/mol. The molecule has 1 N–H and O–H groups in total. The molecule has 1 unspecified atom stereocenters. The van der Waals surface area contributed by atoms with Crippen molar-refractivity contribution >= 4 is 21.6 Å². The third kappa shape index (κ3) is 9.11. The first-order valence-electron chi connectivity index (χ1n) is 5.13. The maximum Gasteiger partial charge on any atom is 0.213 e. The maximum absolute atomic E-state index is 11.4. The molecule has 0 aromatic carbocycles. The SMILES string of the molecule is CCOCCS(=O)(=O)NCC(C)CCCl. The van der Waals surface area contributed by atoms with Crippen molar-refractivity contribution in [3.8, 4) is 0 Å². The van der Waals surface area contributed by atoms with Crippen molar-refractivity contribution in [2.45, 2.75) is 20.3 Å². The van der Waals surface area contributed by atoms with Crippen LogP contribution in [-0.4, -0.2) is 39.8 Å². The first kappa shape index (κ1) is 15.2. The minimum atomic E-state index is -3.19. The molecule has 0 fully saturated rings. The van der Waals surface area contributed by atoms with Crippen LogP contribution >= 0.6 is 11.6 Å². The fourth-order valence-electron chi connectivity index (χ4n) is 0.943. The Balaban J connectivity index is 3.73. The molecular formula is C9H20ClNO3S. The number of ether oxygens (including phenoxy) is 1. The predicted octanol–water partition coefficient (Wildman–Crippen LogP) is 1.21. The molecule has 0 saturated heterocycles. The highest BCUT2D eigenvalue weighted by Crippen LogP contribution is 2.02. The summed E-state index contributed by atoms with van der Waals surface area (Å²) in [6, 6.07) is 0. The first-order valence-corrected chi connectivity index (χ1v) is 7.31.